The molecule has 3 nitrogen and oxygen atoms in total. The van der Waals surface area contributed by atoms with Gasteiger partial charge in [-0.15, -0.1) is 0 Å². The molecule has 1 saturated heterocycles. The van der Waals surface area contributed by atoms with E-state index in [1.165, 1.54) is 25.0 Å². The third kappa shape index (κ3) is 2.46. The molecule has 16 heavy (non-hydrogen) atoms. The van der Waals surface area contributed by atoms with Crippen LogP contribution < -0.4 is 5.32 Å². The molecule has 0 aliphatic carbocycles. The van der Waals surface area contributed by atoms with Crippen LogP contribution in [0.15, 0.2) is 12.5 Å². The summed E-state index contributed by atoms with van der Waals surface area (Å²) in [6.07, 6.45) is 7.80. The van der Waals surface area contributed by atoms with Crippen molar-refractivity contribution in [1.82, 2.24) is 14.9 Å². The van der Waals surface area contributed by atoms with Gasteiger partial charge in [0.2, 0.25) is 0 Å². The van der Waals surface area contributed by atoms with Gasteiger partial charge < -0.3 is 9.88 Å². The number of nitrogens with zero attached hydrogens (tertiary/aromatic N) is 2. The smallest absolute Gasteiger partial charge is 0.0950 e. The molecular formula is C13H23N3. The van der Waals surface area contributed by atoms with E-state index in [-0.39, 0.29) is 5.41 Å². The van der Waals surface area contributed by atoms with Gasteiger partial charge in [-0.25, -0.2) is 4.98 Å². The maximum absolute atomic E-state index is 4.34. The van der Waals surface area contributed by atoms with Gasteiger partial charge in [0.05, 0.1) is 6.33 Å². The summed E-state index contributed by atoms with van der Waals surface area (Å²) >= 11 is 0. The monoisotopic (exact) mass is 221 g/mol. The Kier molecular flexibility index (Phi) is 3.33. The van der Waals surface area contributed by atoms with Crippen LogP contribution in [0.2, 0.25) is 0 Å². The van der Waals surface area contributed by atoms with Gasteiger partial charge >= 0.3 is 0 Å². The SMILES string of the molecule is CC(C)(C)c1cncn1C1CCCNCC1. The molecule has 1 N–H and O–H groups in total. The minimum atomic E-state index is 0.191. The van der Waals surface area contributed by atoms with E-state index in [4.69, 9.17) is 0 Å². The fourth-order valence-electron chi connectivity index (χ4n) is 2.46. The molecule has 1 aliphatic rings. The molecular weight excluding hydrogens is 198 g/mol. The first-order valence-corrected chi connectivity index (χ1v) is 6.32. The van der Waals surface area contributed by atoms with E-state index in [2.05, 4.69) is 35.6 Å². The summed E-state index contributed by atoms with van der Waals surface area (Å²) in [6.45, 7) is 9.07. The Labute approximate surface area is 98.3 Å². The predicted molar refractivity (Wildman–Crippen MR) is 66.7 cm³/mol. The average Bonchev–Trinajstić information content (AvgIpc) is 2.55. The number of hydrogen-bond donors (Lipinski definition) is 1. The van der Waals surface area contributed by atoms with E-state index < -0.39 is 0 Å². The molecule has 0 saturated carbocycles. The van der Waals surface area contributed by atoms with Crippen LogP contribution in [0.4, 0.5) is 0 Å². The summed E-state index contributed by atoms with van der Waals surface area (Å²) in [5, 5.41) is 3.46. The van der Waals surface area contributed by atoms with Gasteiger partial charge in [-0.3, -0.25) is 0 Å². The third-order valence-electron chi connectivity index (χ3n) is 3.37. The Morgan fingerprint density at radius 1 is 1.31 bits per heavy atom. The highest BCUT2D eigenvalue weighted by atomic mass is 15.1. The van der Waals surface area contributed by atoms with Crippen LogP contribution in [0.25, 0.3) is 0 Å². The standard InChI is InChI=1S/C13H23N3/c1-13(2,3)12-9-15-10-16(12)11-5-4-7-14-8-6-11/h9-11,14H,4-8H2,1-3H3. The van der Waals surface area contributed by atoms with E-state index in [1.54, 1.807) is 0 Å². The quantitative estimate of drug-likeness (QED) is 0.789. The maximum atomic E-state index is 4.34. The van der Waals surface area contributed by atoms with E-state index >= 15 is 0 Å². The molecule has 0 radical (unpaired) electrons. The number of hydrogen-bond acceptors (Lipinski definition) is 2. The zero-order valence-electron chi connectivity index (χ0n) is 10.7. The largest absolute Gasteiger partial charge is 0.331 e. The van der Waals surface area contributed by atoms with Crippen LogP contribution in [-0.2, 0) is 5.41 Å². The number of imidazole rings is 1. The van der Waals surface area contributed by atoms with Crippen LogP contribution in [-0.4, -0.2) is 22.6 Å². The molecule has 2 rings (SSSR count). The normalized spacial score (nSPS) is 23.1. The first-order valence-electron chi connectivity index (χ1n) is 6.32. The molecule has 3 heteroatoms. The average molecular weight is 221 g/mol. The zero-order chi connectivity index (χ0) is 11.6. The third-order valence-corrected chi connectivity index (χ3v) is 3.37. The van der Waals surface area contributed by atoms with Gasteiger partial charge in [0.1, 0.15) is 0 Å². The molecule has 0 aromatic carbocycles. The minimum absolute atomic E-state index is 0.191. The van der Waals surface area contributed by atoms with Crippen LogP contribution in [0.1, 0.15) is 51.8 Å². The molecule has 1 unspecified atom stereocenters. The zero-order valence-corrected chi connectivity index (χ0v) is 10.7. The highest BCUT2D eigenvalue weighted by Gasteiger charge is 2.23. The van der Waals surface area contributed by atoms with Gasteiger partial charge in [0.25, 0.3) is 0 Å². The summed E-state index contributed by atoms with van der Waals surface area (Å²) < 4.78 is 2.40. The summed E-state index contributed by atoms with van der Waals surface area (Å²) in [5.74, 6) is 0. The number of rotatable bonds is 1. The van der Waals surface area contributed by atoms with E-state index in [0.29, 0.717) is 6.04 Å². The first kappa shape index (κ1) is 11.6. The molecule has 1 atom stereocenters. The molecule has 0 bridgehead atoms. The van der Waals surface area contributed by atoms with Crippen molar-refractivity contribution in [2.24, 2.45) is 0 Å². The molecule has 1 aromatic rings. The van der Waals surface area contributed by atoms with Crippen LogP contribution in [0.3, 0.4) is 0 Å². The lowest BCUT2D eigenvalue weighted by Crippen LogP contribution is -2.21. The summed E-state index contributed by atoms with van der Waals surface area (Å²) in [4.78, 5) is 4.34. The topological polar surface area (TPSA) is 29.9 Å². The van der Waals surface area contributed by atoms with Crippen LogP contribution in [0, 0.1) is 0 Å². The van der Waals surface area contributed by atoms with E-state index in [9.17, 15) is 0 Å². The Hall–Kier alpha value is -0.830. The first-order chi connectivity index (χ1) is 7.59. The highest BCUT2D eigenvalue weighted by molar-refractivity contribution is 5.11. The summed E-state index contributed by atoms with van der Waals surface area (Å²) in [5.41, 5.74) is 1.55. The van der Waals surface area contributed by atoms with Crippen LogP contribution in [0.5, 0.6) is 0 Å². The molecule has 0 spiro atoms. The molecule has 2 heterocycles. The Balaban J connectivity index is 2.22. The van der Waals surface area contributed by atoms with Crippen LogP contribution >= 0.6 is 0 Å². The second kappa shape index (κ2) is 4.58. The van der Waals surface area contributed by atoms with E-state index in [1.807, 2.05) is 12.5 Å². The summed E-state index contributed by atoms with van der Waals surface area (Å²) in [6, 6.07) is 0.631. The Morgan fingerprint density at radius 3 is 2.88 bits per heavy atom. The molecule has 1 aliphatic heterocycles. The van der Waals surface area contributed by atoms with Gasteiger partial charge in [0.15, 0.2) is 0 Å². The fraction of sp³-hybridized carbons (Fsp3) is 0.769. The Bertz CT molecular complexity index is 327. The highest BCUT2D eigenvalue weighted by Crippen LogP contribution is 2.28. The second-order valence-corrected chi connectivity index (χ2v) is 5.77. The molecule has 1 fully saturated rings. The molecule has 90 valence electrons. The van der Waals surface area contributed by atoms with Crippen molar-refractivity contribution in [2.45, 2.75) is 51.5 Å². The lowest BCUT2D eigenvalue weighted by molar-refractivity contribution is 0.410. The summed E-state index contributed by atoms with van der Waals surface area (Å²) in [7, 11) is 0. The van der Waals surface area contributed by atoms with Crippen molar-refractivity contribution in [3.05, 3.63) is 18.2 Å². The van der Waals surface area contributed by atoms with Gasteiger partial charge in [-0.2, -0.15) is 0 Å². The van der Waals surface area contributed by atoms with Gasteiger partial charge in [0, 0.05) is 23.3 Å². The van der Waals surface area contributed by atoms with Crippen molar-refractivity contribution in [1.29, 1.82) is 0 Å². The molecule has 1 aromatic heterocycles. The van der Waals surface area contributed by atoms with Gasteiger partial charge in [-0.05, 0) is 32.4 Å². The van der Waals surface area contributed by atoms with Crippen molar-refractivity contribution < 1.29 is 0 Å². The predicted octanol–water partition coefficient (Wildman–Crippen LogP) is 2.50. The maximum Gasteiger partial charge on any atom is 0.0950 e. The lowest BCUT2D eigenvalue weighted by Gasteiger charge is -2.25. The lowest BCUT2D eigenvalue weighted by atomic mass is 9.92. The minimum Gasteiger partial charge on any atom is -0.331 e. The van der Waals surface area contributed by atoms with Crippen molar-refractivity contribution in [2.75, 3.05) is 13.1 Å². The number of nitrogens with one attached hydrogen (secondary N) is 1. The second-order valence-electron chi connectivity index (χ2n) is 5.77. The van der Waals surface area contributed by atoms with Crippen molar-refractivity contribution in [3.63, 3.8) is 0 Å². The molecule has 0 amide bonds. The van der Waals surface area contributed by atoms with E-state index in [0.717, 1.165) is 13.1 Å². The Morgan fingerprint density at radius 2 is 2.12 bits per heavy atom. The fourth-order valence-corrected chi connectivity index (χ4v) is 2.46. The van der Waals surface area contributed by atoms with Gasteiger partial charge in [-0.1, -0.05) is 20.8 Å². The number of aromatic nitrogens is 2. The van der Waals surface area contributed by atoms with Crippen molar-refractivity contribution >= 4 is 0 Å². The van der Waals surface area contributed by atoms with Crippen molar-refractivity contribution in [3.8, 4) is 0 Å².